The van der Waals surface area contributed by atoms with Crippen LogP contribution in [0.2, 0.25) is 5.02 Å². The molecule has 0 radical (unpaired) electrons. The van der Waals surface area contributed by atoms with Gasteiger partial charge < -0.3 is 10.5 Å². The van der Waals surface area contributed by atoms with Crippen molar-refractivity contribution in [3.05, 3.63) is 52.8 Å². The molecule has 0 spiro atoms. The van der Waals surface area contributed by atoms with E-state index in [-0.39, 0.29) is 0 Å². The molecular weight excluding hydrogens is 260 g/mol. The van der Waals surface area contributed by atoms with E-state index in [1.54, 1.807) is 18.2 Å². The van der Waals surface area contributed by atoms with Crippen molar-refractivity contribution in [3.63, 3.8) is 0 Å². The van der Waals surface area contributed by atoms with Crippen molar-refractivity contribution in [2.75, 3.05) is 12.3 Å². The van der Waals surface area contributed by atoms with E-state index in [1.807, 2.05) is 12.3 Å². The second-order valence-corrected chi connectivity index (χ2v) is 4.71. The molecule has 0 saturated carbocycles. The van der Waals surface area contributed by atoms with Gasteiger partial charge in [0.1, 0.15) is 5.75 Å². The highest BCUT2D eigenvalue weighted by Gasteiger charge is 2.02. The monoisotopic (exact) mass is 276 g/mol. The summed E-state index contributed by atoms with van der Waals surface area (Å²) in [5.74, 6) is 0.654. The van der Waals surface area contributed by atoms with Gasteiger partial charge in [-0.15, -0.1) is 0 Å². The van der Waals surface area contributed by atoms with Crippen molar-refractivity contribution in [1.29, 1.82) is 0 Å². The fraction of sp³-hybridized carbons (Fsp3) is 0.267. The number of hydrogen-bond donors (Lipinski definition) is 1. The first-order chi connectivity index (χ1) is 9.19. The van der Waals surface area contributed by atoms with Gasteiger partial charge in [0.2, 0.25) is 0 Å². The molecule has 0 aliphatic rings. The predicted molar refractivity (Wildman–Crippen MR) is 78.7 cm³/mol. The van der Waals surface area contributed by atoms with Gasteiger partial charge >= 0.3 is 0 Å². The highest BCUT2D eigenvalue weighted by molar-refractivity contribution is 6.32. The molecule has 100 valence electrons. The molecule has 4 heteroatoms. The second kappa shape index (κ2) is 6.43. The standard InChI is InChI=1S/C15H17ClN2O/c1-2-11-3-5-13(18-10-11)7-8-19-15-6-4-12(17)9-14(15)16/h3-6,9-10H,2,7-8,17H2,1H3. The van der Waals surface area contributed by atoms with E-state index in [2.05, 4.69) is 18.0 Å². The molecule has 0 fully saturated rings. The molecule has 0 bridgehead atoms. The fourth-order valence-corrected chi connectivity index (χ4v) is 1.96. The van der Waals surface area contributed by atoms with E-state index in [1.165, 1.54) is 5.56 Å². The summed E-state index contributed by atoms with van der Waals surface area (Å²) in [5, 5.41) is 0.536. The number of ether oxygens (including phenoxy) is 1. The minimum Gasteiger partial charge on any atom is -0.492 e. The number of nitrogen functional groups attached to an aromatic ring is 1. The largest absolute Gasteiger partial charge is 0.492 e. The van der Waals surface area contributed by atoms with Crippen LogP contribution in [0.1, 0.15) is 18.2 Å². The maximum Gasteiger partial charge on any atom is 0.138 e. The molecule has 3 nitrogen and oxygen atoms in total. The van der Waals surface area contributed by atoms with Crippen molar-refractivity contribution < 1.29 is 4.74 Å². The Kier molecular flexibility index (Phi) is 4.63. The van der Waals surface area contributed by atoms with Crippen molar-refractivity contribution >= 4 is 17.3 Å². The predicted octanol–water partition coefficient (Wildman–Crippen LogP) is 3.50. The molecule has 2 aromatic rings. The van der Waals surface area contributed by atoms with Crippen LogP contribution in [-0.2, 0) is 12.8 Å². The number of halogens is 1. The SMILES string of the molecule is CCc1ccc(CCOc2ccc(N)cc2Cl)nc1. The molecule has 0 amide bonds. The summed E-state index contributed by atoms with van der Waals surface area (Å²) >= 11 is 6.03. The van der Waals surface area contributed by atoms with Crippen LogP contribution in [0.4, 0.5) is 5.69 Å². The number of benzene rings is 1. The minimum absolute atomic E-state index is 0.536. The Bertz CT molecular complexity index is 540. The van der Waals surface area contributed by atoms with Crippen LogP contribution < -0.4 is 10.5 Å². The second-order valence-electron chi connectivity index (χ2n) is 4.30. The highest BCUT2D eigenvalue weighted by Crippen LogP contribution is 2.26. The third-order valence-corrected chi connectivity index (χ3v) is 3.16. The van der Waals surface area contributed by atoms with Crippen molar-refractivity contribution in [3.8, 4) is 5.75 Å². The summed E-state index contributed by atoms with van der Waals surface area (Å²) < 4.78 is 5.62. The van der Waals surface area contributed by atoms with Crippen LogP contribution >= 0.6 is 11.6 Å². The van der Waals surface area contributed by atoms with Gasteiger partial charge in [-0.25, -0.2) is 0 Å². The van der Waals surface area contributed by atoms with E-state index in [0.717, 1.165) is 18.5 Å². The number of anilines is 1. The Hall–Kier alpha value is -1.74. The molecule has 0 atom stereocenters. The van der Waals surface area contributed by atoms with Crippen molar-refractivity contribution in [2.45, 2.75) is 19.8 Å². The zero-order chi connectivity index (χ0) is 13.7. The molecule has 1 heterocycles. The van der Waals surface area contributed by atoms with Gasteiger partial charge in [-0.2, -0.15) is 0 Å². The van der Waals surface area contributed by atoms with Gasteiger partial charge in [0.05, 0.1) is 11.6 Å². The summed E-state index contributed by atoms with van der Waals surface area (Å²) in [6, 6.07) is 9.37. The first-order valence-corrected chi connectivity index (χ1v) is 6.68. The summed E-state index contributed by atoms with van der Waals surface area (Å²) in [5.41, 5.74) is 8.52. The number of aromatic nitrogens is 1. The van der Waals surface area contributed by atoms with Gasteiger partial charge in [-0.3, -0.25) is 4.98 Å². The Morgan fingerprint density at radius 2 is 2.11 bits per heavy atom. The van der Waals surface area contributed by atoms with E-state index in [4.69, 9.17) is 22.1 Å². The number of hydrogen-bond acceptors (Lipinski definition) is 3. The smallest absolute Gasteiger partial charge is 0.138 e. The zero-order valence-corrected chi connectivity index (χ0v) is 11.7. The van der Waals surface area contributed by atoms with Crippen LogP contribution in [0.3, 0.4) is 0 Å². The molecule has 0 aliphatic heterocycles. The molecule has 0 saturated heterocycles. The van der Waals surface area contributed by atoms with Crippen LogP contribution in [0.25, 0.3) is 0 Å². The van der Waals surface area contributed by atoms with E-state index in [9.17, 15) is 0 Å². The Morgan fingerprint density at radius 3 is 2.74 bits per heavy atom. The lowest BCUT2D eigenvalue weighted by atomic mass is 10.2. The summed E-state index contributed by atoms with van der Waals surface area (Å²) in [4.78, 5) is 4.38. The summed E-state index contributed by atoms with van der Waals surface area (Å²) in [6.45, 7) is 2.66. The first-order valence-electron chi connectivity index (χ1n) is 6.30. The van der Waals surface area contributed by atoms with E-state index >= 15 is 0 Å². The van der Waals surface area contributed by atoms with E-state index < -0.39 is 0 Å². The summed E-state index contributed by atoms with van der Waals surface area (Å²) in [7, 11) is 0. The van der Waals surface area contributed by atoms with Crippen LogP contribution in [0, 0.1) is 0 Å². The minimum atomic E-state index is 0.536. The number of aryl methyl sites for hydroxylation is 1. The van der Waals surface area contributed by atoms with E-state index in [0.29, 0.717) is 23.1 Å². The molecule has 1 aromatic heterocycles. The number of nitrogens with zero attached hydrogens (tertiary/aromatic N) is 1. The molecule has 2 rings (SSSR count). The lowest BCUT2D eigenvalue weighted by Crippen LogP contribution is -2.03. The Morgan fingerprint density at radius 1 is 1.26 bits per heavy atom. The van der Waals surface area contributed by atoms with Crippen molar-refractivity contribution in [1.82, 2.24) is 4.98 Å². The number of rotatable bonds is 5. The van der Waals surface area contributed by atoms with Crippen LogP contribution in [0.5, 0.6) is 5.75 Å². The molecule has 19 heavy (non-hydrogen) atoms. The average Bonchev–Trinajstić information content (AvgIpc) is 2.42. The third-order valence-electron chi connectivity index (χ3n) is 2.87. The average molecular weight is 277 g/mol. The number of nitrogens with two attached hydrogens (primary N) is 1. The number of pyridine rings is 1. The van der Waals surface area contributed by atoms with Gasteiger partial charge in [0.15, 0.2) is 0 Å². The lowest BCUT2D eigenvalue weighted by molar-refractivity contribution is 0.321. The van der Waals surface area contributed by atoms with Gasteiger partial charge in [-0.05, 0) is 36.2 Å². The topological polar surface area (TPSA) is 48.1 Å². The Balaban J connectivity index is 1.88. The highest BCUT2D eigenvalue weighted by atomic mass is 35.5. The lowest BCUT2D eigenvalue weighted by Gasteiger charge is -2.08. The zero-order valence-electron chi connectivity index (χ0n) is 10.9. The summed E-state index contributed by atoms with van der Waals surface area (Å²) in [6.07, 6.45) is 3.67. The normalized spacial score (nSPS) is 10.4. The van der Waals surface area contributed by atoms with Crippen molar-refractivity contribution in [2.24, 2.45) is 0 Å². The molecule has 1 aromatic carbocycles. The quantitative estimate of drug-likeness (QED) is 0.850. The van der Waals surface area contributed by atoms with Crippen LogP contribution in [-0.4, -0.2) is 11.6 Å². The molecule has 0 unspecified atom stereocenters. The maximum absolute atomic E-state index is 6.03. The maximum atomic E-state index is 6.03. The molecule has 0 aliphatic carbocycles. The van der Waals surface area contributed by atoms with Gasteiger partial charge in [0, 0.05) is 24.0 Å². The van der Waals surface area contributed by atoms with Gasteiger partial charge in [0.25, 0.3) is 0 Å². The molecule has 2 N–H and O–H groups in total. The van der Waals surface area contributed by atoms with Gasteiger partial charge in [-0.1, -0.05) is 24.6 Å². The molecular formula is C15H17ClN2O. The Labute approximate surface area is 118 Å². The van der Waals surface area contributed by atoms with Crippen LogP contribution in [0.15, 0.2) is 36.5 Å². The third kappa shape index (κ3) is 3.86. The fourth-order valence-electron chi connectivity index (χ4n) is 1.71. The first kappa shape index (κ1) is 13.7.